The third-order valence-electron chi connectivity index (χ3n) is 4.12. The van der Waals surface area contributed by atoms with Gasteiger partial charge in [0.25, 0.3) is 5.91 Å². The molecule has 20 heavy (non-hydrogen) atoms. The molecule has 0 radical (unpaired) electrons. The number of hydrogen-bond acceptors (Lipinski definition) is 4. The zero-order valence-electron chi connectivity index (χ0n) is 12.7. The molecule has 2 rings (SSSR count). The molecule has 3 amide bonds. The van der Waals surface area contributed by atoms with E-state index in [1.807, 2.05) is 0 Å². The first kappa shape index (κ1) is 15.3. The minimum Gasteiger partial charge on any atom is -0.324 e. The Bertz CT molecular complexity index is 377. The standard InChI is InChI=1S/C14H26N4O2/c1-14(2)12(19)18(13(20)16-14)8-7-17(3)10-11-5-4-6-15-9-11/h11,15H,4-10H2,1-3H3,(H,16,20). The third kappa shape index (κ3) is 3.49. The lowest BCUT2D eigenvalue weighted by atomic mass is 9.99. The molecule has 114 valence electrons. The highest BCUT2D eigenvalue weighted by Crippen LogP contribution is 2.16. The molecule has 0 aliphatic carbocycles. The minimum absolute atomic E-state index is 0.129. The van der Waals surface area contributed by atoms with Crippen LogP contribution in [0.25, 0.3) is 0 Å². The Balaban J connectivity index is 1.77. The topological polar surface area (TPSA) is 64.7 Å². The predicted molar refractivity (Wildman–Crippen MR) is 77.4 cm³/mol. The largest absolute Gasteiger partial charge is 0.325 e. The fourth-order valence-electron chi connectivity index (χ4n) is 2.90. The molecular weight excluding hydrogens is 256 g/mol. The van der Waals surface area contributed by atoms with Gasteiger partial charge in [-0.2, -0.15) is 0 Å². The molecule has 2 N–H and O–H groups in total. The molecule has 2 saturated heterocycles. The van der Waals surface area contributed by atoms with E-state index < -0.39 is 5.54 Å². The first-order valence-corrected chi connectivity index (χ1v) is 7.43. The van der Waals surface area contributed by atoms with Gasteiger partial charge in [0, 0.05) is 19.6 Å². The van der Waals surface area contributed by atoms with Crippen LogP contribution in [0.1, 0.15) is 26.7 Å². The van der Waals surface area contributed by atoms with E-state index in [2.05, 4.69) is 22.6 Å². The molecule has 2 heterocycles. The fraction of sp³-hybridized carbons (Fsp3) is 0.857. The Morgan fingerprint density at radius 3 is 2.70 bits per heavy atom. The number of urea groups is 1. The van der Waals surface area contributed by atoms with Crippen LogP contribution in [-0.2, 0) is 4.79 Å². The molecule has 2 aliphatic heterocycles. The van der Waals surface area contributed by atoms with Gasteiger partial charge in [-0.25, -0.2) is 4.79 Å². The summed E-state index contributed by atoms with van der Waals surface area (Å²) in [5.41, 5.74) is -0.761. The quantitative estimate of drug-likeness (QED) is 0.710. The van der Waals surface area contributed by atoms with Crippen LogP contribution in [0.2, 0.25) is 0 Å². The molecule has 0 aromatic rings. The molecule has 2 fully saturated rings. The average Bonchev–Trinajstić information content (AvgIpc) is 2.58. The maximum absolute atomic E-state index is 12.1. The highest BCUT2D eigenvalue weighted by molar-refractivity contribution is 6.06. The number of nitrogens with zero attached hydrogens (tertiary/aromatic N) is 2. The first-order valence-electron chi connectivity index (χ1n) is 7.43. The second-order valence-electron chi connectivity index (χ2n) is 6.49. The fourth-order valence-corrected chi connectivity index (χ4v) is 2.90. The van der Waals surface area contributed by atoms with Crippen molar-refractivity contribution in [3.63, 3.8) is 0 Å². The van der Waals surface area contributed by atoms with E-state index >= 15 is 0 Å². The van der Waals surface area contributed by atoms with Crippen LogP contribution in [0.5, 0.6) is 0 Å². The number of carbonyl (C=O) groups excluding carboxylic acids is 2. The second-order valence-corrected chi connectivity index (χ2v) is 6.49. The second kappa shape index (κ2) is 6.10. The highest BCUT2D eigenvalue weighted by Gasteiger charge is 2.43. The van der Waals surface area contributed by atoms with Crippen molar-refractivity contribution in [3.8, 4) is 0 Å². The smallest absolute Gasteiger partial charge is 0.324 e. The van der Waals surface area contributed by atoms with Gasteiger partial charge in [0.05, 0.1) is 0 Å². The Labute approximate surface area is 120 Å². The van der Waals surface area contributed by atoms with E-state index in [1.165, 1.54) is 17.7 Å². The molecule has 0 aromatic heterocycles. The van der Waals surface area contributed by atoms with Crippen LogP contribution < -0.4 is 10.6 Å². The third-order valence-corrected chi connectivity index (χ3v) is 4.12. The van der Waals surface area contributed by atoms with E-state index in [9.17, 15) is 9.59 Å². The van der Waals surface area contributed by atoms with Gasteiger partial charge in [0.1, 0.15) is 5.54 Å². The van der Waals surface area contributed by atoms with Gasteiger partial charge in [-0.15, -0.1) is 0 Å². The number of hydrogen-bond donors (Lipinski definition) is 2. The van der Waals surface area contributed by atoms with Gasteiger partial charge in [-0.3, -0.25) is 9.69 Å². The van der Waals surface area contributed by atoms with E-state index in [0.717, 1.165) is 26.2 Å². The van der Waals surface area contributed by atoms with E-state index in [1.54, 1.807) is 13.8 Å². The van der Waals surface area contributed by atoms with Crippen molar-refractivity contribution in [2.75, 3.05) is 39.8 Å². The van der Waals surface area contributed by atoms with Crippen molar-refractivity contribution in [2.45, 2.75) is 32.2 Å². The number of carbonyl (C=O) groups is 2. The predicted octanol–water partition coefficient (Wildman–Crippen LogP) is 0.248. The molecule has 0 spiro atoms. The summed E-state index contributed by atoms with van der Waals surface area (Å²) in [5, 5.41) is 6.11. The van der Waals surface area contributed by atoms with Crippen LogP contribution in [0.4, 0.5) is 4.79 Å². The maximum Gasteiger partial charge on any atom is 0.325 e. The summed E-state index contributed by atoms with van der Waals surface area (Å²) < 4.78 is 0. The number of nitrogens with one attached hydrogen (secondary N) is 2. The molecule has 0 bridgehead atoms. The average molecular weight is 282 g/mol. The number of rotatable bonds is 5. The Hall–Kier alpha value is -1.14. The van der Waals surface area contributed by atoms with Crippen molar-refractivity contribution >= 4 is 11.9 Å². The van der Waals surface area contributed by atoms with Crippen LogP contribution in [-0.4, -0.2) is 67.0 Å². The summed E-state index contributed by atoms with van der Waals surface area (Å²) >= 11 is 0. The van der Waals surface area contributed by atoms with Crippen molar-refractivity contribution in [1.82, 2.24) is 20.4 Å². The normalized spacial score (nSPS) is 26.2. The van der Waals surface area contributed by atoms with Crippen molar-refractivity contribution in [3.05, 3.63) is 0 Å². The van der Waals surface area contributed by atoms with Crippen LogP contribution >= 0.6 is 0 Å². The Morgan fingerprint density at radius 2 is 2.15 bits per heavy atom. The van der Waals surface area contributed by atoms with Gasteiger partial charge in [-0.05, 0) is 52.7 Å². The lowest BCUT2D eigenvalue weighted by Gasteiger charge is -2.28. The maximum atomic E-state index is 12.1. The number of likely N-dealkylation sites (N-methyl/N-ethyl adjacent to an activating group) is 1. The number of amides is 3. The van der Waals surface area contributed by atoms with Gasteiger partial charge in [-0.1, -0.05) is 0 Å². The van der Waals surface area contributed by atoms with E-state index in [-0.39, 0.29) is 11.9 Å². The molecular formula is C14H26N4O2. The van der Waals surface area contributed by atoms with Gasteiger partial charge in [0.15, 0.2) is 0 Å². The SMILES string of the molecule is CN(CCN1C(=O)NC(C)(C)C1=O)CC1CCCNC1. The molecule has 1 atom stereocenters. The summed E-state index contributed by atoms with van der Waals surface area (Å²) in [7, 11) is 2.05. The first-order chi connectivity index (χ1) is 9.40. The molecule has 6 nitrogen and oxygen atoms in total. The monoisotopic (exact) mass is 282 g/mol. The van der Waals surface area contributed by atoms with E-state index in [0.29, 0.717) is 12.5 Å². The molecule has 6 heteroatoms. The highest BCUT2D eigenvalue weighted by atomic mass is 16.2. The van der Waals surface area contributed by atoms with Gasteiger partial charge in [0.2, 0.25) is 0 Å². The molecule has 1 unspecified atom stereocenters. The lowest BCUT2D eigenvalue weighted by molar-refractivity contribution is -0.130. The molecule has 0 saturated carbocycles. The van der Waals surface area contributed by atoms with Gasteiger partial charge < -0.3 is 15.5 Å². The number of piperidine rings is 1. The summed E-state index contributed by atoms with van der Waals surface area (Å²) in [5.74, 6) is 0.545. The summed E-state index contributed by atoms with van der Waals surface area (Å²) in [6.45, 7) is 7.88. The van der Waals surface area contributed by atoms with Crippen molar-refractivity contribution < 1.29 is 9.59 Å². The lowest BCUT2D eigenvalue weighted by Crippen LogP contribution is -2.43. The van der Waals surface area contributed by atoms with Crippen LogP contribution in [0.3, 0.4) is 0 Å². The molecule has 0 aromatic carbocycles. The number of imide groups is 1. The van der Waals surface area contributed by atoms with E-state index in [4.69, 9.17) is 0 Å². The van der Waals surface area contributed by atoms with Crippen LogP contribution in [0.15, 0.2) is 0 Å². The van der Waals surface area contributed by atoms with Gasteiger partial charge >= 0.3 is 6.03 Å². The molecule has 2 aliphatic rings. The Morgan fingerprint density at radius 1 is 1.40 bits per heavy atom. The van der Waals surface area contributed by atoms with Crippen molar-refractivity contribution in [2.24, 2.45) is 5.92 Å². The summed E-state index contributed by atoms with van der Waals surface area (Å²) in [6.07, 6.45) is 2.49. The minimum atomic E-state index is -0.761. The Kier molecular flexibility index (Phi) is 4.65. The summed E-state index contributed by atoms with van der Waals surface area (Å²) in [4.78, 5) is 27.4. The van der Waals surface area contributed by atoms with Crippen LogP contribution in [0, 0.1) is 5.92 Å². The summed E-state index contributed by atoms with van der Waals surface area (Å²) in [6, 6.07) is -0.271. The van der Waals surface area contributed by atoms with Crippen molar-refractivity contribution in [1.29, 1.82) is 0 Å². The zero-order chi connectivity index (χ0) is 14.8. The zero-order valence-corrected chi connectivity index (χ0v) is 12.7.